The third-order valence-electron chi connectivity index (χ3n) is 2.79. The Bertz CT molecular complexity index is 531. The minimum absolute atomic E-state index is 0.109. The second-order valence-corrected chi connectivity index (χ2v) is 4.45. The predicted molar refractivity (Wildman–Crippen MR) is 60.7 cm³/mol. The molecule has 1 saturated heterocycles. The molecule has 2 aromatic heterocycles. The molecule has 0 N–H and O–H groups in total. The molecule has 0 bridgehead atoms. The lowest BCUT2D eigenvalue weighted by Crippen LogP contribution is -1.98. The smallest absolute Gasteiger partial charge is 0.157 e. The molecule has 0 saturated carbocycles. The van der Waals surface area contributed by atoms with Crippen LogP contribution in [0.1, 0.15) is 30.3 Å². The highest BCUT2D eigenvalue weighted by molar-refractivity contribution is 6.29. The van der Waals surface area contributed by atoms with Crippen LogP contribution in [0.25, 0.3) is 5.65 Å². The van der Waals surface area contributed by atoms with Crippen molar-refractivity contribution in [1.29, 1.82) is 0 Å². The Labute approximate surface area is 98.2 Å². The largest absolute Gasteiger partial charge is 0.372 e. The molecule has 2 aromatic rings. The lowest BCUT2D eigenvalue weighted by atomic mass is 10.2. The van der Waals surface area contributed by atoms with Gasteiger partial charge >= 0.3 is 0 Å². The van der Waals surface area contributed by atoms with Crippen LogP contribution in [0, 0.1) is 6.92 Å². The van der Waals surface area contributed by atoms with E-state index in [0.29, 0.717) is 5.15 Å². The summed E-state index contributed by atoms with van der Waals surface area (Å²) in [5.74, 6) is 0. The Morgan fingerprint density at radius 3 is 3.12 bits per heavy atom. The number of hydrogen-bond acceptors (Lipinski definition) is 3. The number of ether oxygens (including phenoxy) is 1. The highest BCUT2D eigenvalue weighted by atomic mass is 35.5. The summed E-state index contributed by atoms with van der Waals surface area (Å²) in [4.78, 5) is 4.39. The van der Waals surface area contributed by atoms with Crippen LogP contribution in [0.5, 0.6) is 0 Å². The molecule has 4 nitrogen and oxygen atoms in total. The highest BCUT2D eigenvalue weighted by Gasteiger charge is 2.21. The topological polar surface area (TPSA) is 39.4 Å². The zero-order valence-electron chi connectivity index (χ0n) is 8.98. The summed E-state index contributed by atoms with van der Waals surface area (Å²) in [6.07, 6.45) is 2.23. The molecule has 16 heavy (non-hydrogen) atoms. The van der Waals surface area contributed by atoms with Crippen molar-refractivity contribution in [2.24, 2.45) is 0 Å². The van der Waals surface area contributed by atoms with Crippen molar-refractivity contribution >= 4 is 17.2 Å². The maximum absolute atomic E-state index is 6.10. The normalized spacial score (nSPS) is 20.8. The SMILES string of the molecule is Cc1cc(Cl)n2nc(C3CCCO3)cc2n1. The molecule has 0 aromatic carbocycles. The van der Waals surface area contributed by atoms with E-state index < -0.39 is 0 Å². The first-order valence-electron chi connectivity index (χ1n) is 5.38. The van der Waals surface area contributed by atoms with Gasteiger partial charge in [0.2, 0.25) is 0 Å². The lowest BCUT2D eigenvalue weighted by molar-refractivity contribution is 0.108. The summed E-state index contributed by atoms with van der Waals surface area (Å²) >= 11 is 6.10. The Morgan fingerprint density at radius 1 is 1.50 bits per heavy atom. The molecule has 1 aliphatic rings. The maximum Gasteiger partial charge on any atom is 0.157 e. The van der Waals surface area contributed by atoms with Crippen molar-refractivity contribution in [3.8, 4) is 0 Å². The fourth-order valence-electron chi connectivity index (χ4n) is 2.04. The first-order chi connectivity index (χ1) is 7.74. The van der Waals surface area contributed by atoms with Crippen molar-refractivity contribution in [1.82, 2.24) is 14.6 Å². The van der Waals surface area contributed by atoms with Gasteiger partial charge in [-0.3, -0.25) is 0 Å². The Hall–Kier alpha value is -1.13. The van der Waals surface area contributed by atoms with Gasteiger partial charge < -0.3 is 4.74 Å². The fraction of sp³-hybridized carbons (Fsp3) is 0.455. The summed E-state index contributed by atoms with van der Waals surface area (Å²) in [5, 5.41) is 5.02. The van der Waals surface area contributed by atoms with Crippen LogP contribution in [0.4, 0.5) is 0 Å². The Balaban J connectivity index is 2.11. The number of halogens is 1. The summed E-state index contributed by atoms with van der Waals surface area (Å²) in [7, 11) is 0. The van der Waals surface area contributed by atoms with Gasteiger partial charge in [0.25, 0.3) is 0 Å². The summed E-state index contributed by atoms with van der Waals surface area (Å²) in [6.45, 7) is 2.74. The minimum Gasteiger partial charge on any atom is -0.372 e. The van der Waals surface area contributed by atoms with Gasteiger partial charge in [0, 0.05) is 18.4 Å². The lowest BCUT2D eigenvalue weighted by Gasteiger charge is -2.03. The van der Waals surface area contributed by atoms with E-state index in [2.05, 4.69) is 10.1 Å². The molecule has 1 unspecified atom stereocenters. The molecule has 0 radical (unpaired) electrons. The molecule has 1 fully saturated rings. The van der Waals surface area contributed by atoms with Crippen LogP contribution in [0.15, 0.2) is 12.1 Å². The monoisotopic (exact) mass is 237 g/mol. The van der Waals surface area contributed by atoms with Crippen molar-refractivity contribution in [3.63, 3.8) is 0 Å². The van der Waals surface area contributed by atoms with Gasteiger partial charge in [-0.2, -0.15) is 5.10 Å². The number of hydrogen-bond donors (Lipinski definition) is 0. The molecule has 5 heteroatoms. The second kappa shape index (κ2) is 3.71. The number of aromatic nitrogens is 3. The minimum atomic E-state index is 0.109. The quantitative estimate of drug-likeness (QED) is 0.716. The molecule has 1 aliphatic heterocycles. The van der Waals surface area contributed by atoms with Gasteiger partial charge in [-0.25, -0.2) is 9.50 Å². The molecular weight excluding hydrogens is 226 g/mol. The fourth-order valence-corrected chi connectivity index (χ4v) is 2.32. The third kappa shape index (κ3) is 1.58. The van der Waals surface area contributed by atoms with Crippen LogP contribution in [0.2, 0.25) is 5.15 Å². The Kier molecular flexibility index (Phi) is 2.33. The van der Waals surface area contributed by atoms with E-state index in [1.165, 1.54) is 0 Å². The van der Waals surface area contributed by atoms with E-state index >= 15 is 0 Å². The molecule has 84 valence electrons. The number of nitrogens with zero attached hydrogens (tertiary/aromatic N) is 3. The van der Waals surface area contributed by atoms with Gasteiger partial charge in [0.05, 0.1) is 5.69 Å². The van der Waals surface area contributed by atoms with Crippen molar-refractivity contribution in [3.05, 3.63) is 28.7 Å². The van der Waals surface area contributed by atoms with Gasteiger partial charge in [0.15, 0.2) is 5.65 Å². The first kappa shape index (κ1) is 10.1. The molecule has 0 aliphatic carbocycles. The molecule has 0 spiro atoms. The molecular formula is C11H12ClN3O. The predicted octanol–water partition coefficient (Wildman–Crippen LogP) is 2.54. The Morgan fingerprint density at radius 2 is 2.38 bits per heavy atom. The van der Waals surface area contributed by atoms with Gasteiger partial charge in [0.1, 0.15) is 11.3 Å². The molecule has 3 heterocycles. The van der Waals surface area contributed by atoms with E-state index in [1.807, 2.05) is 13.0 Å². The average molecular weight is 238 g/mol. The van der Waals surface area contributed by atoms with Crippen molar-refractivity contribution < 1.29 is 4.74 Å². The second-order valence-electron chi connectivity index (χ2n) is 4.06. The summed E-state index contributed by atoms with van der Waals surface area (Å²) < 4.78 is 7.25. The standard InChI is InChI=1S/C11H12ClN3O/c1-7-5-10(12)15-11(13-7)6-8(14-15)9-3-2-4-16-9/h5-6,9H,2-4H2,1H3. The van der Waals surface area contributed by atoms with Gasteiger partial charge in [-0.1, -0.05) is 11.6 Å². The first-order valence-corrected chi connectivity index (χ1v) is 5.76. The van der Waals surface area contributed by atoms with E-state index in [4.69, 9.17) is 16.3 Å². The zero-order valence-corrected chi connectivity index (χ0v) is 9.74. The van der Waals surface area contributed by atoms with Gasteiger partial charge in [-0.05, 0) is 25.8 Å². The van der Waals surface area contributed by atoms with E-state index in [0.717, 1.165) is 36.5 Å². The van der Waals surface area contributed by atoms with E-state index in [9.17, 15) is 0 Å². The number of aryl methyl sites for hydroxylation is 1. The molecule has 1 atom stereocenters. The van der Waals surface area contributed by atoms with Crippen LogP contribution < -0.4 is 0 Å². The van der Waals surface area contributed by atoms with E-state index in [1.54, 1.807) is 10.6 Å². The number of rotatable bonds is 1. The molecule has 3 rings (SSSR count). The highest BCUT2D eigenvalue weighted by Crippen LogP contribution is 2.28. The maximum atomic E-state index is 6.10. The van der Waals surface area contributed by atoms with Gasteiger partial charge in [-0.15, -0.1) is 0 Å². The van der Waals surface area contributed by atoms with Crippen molar-refractivity contribution in [2.45, 2.75) is 25.9 Å². The summed E-state index contributed by atoms with van der Waals surface area (Å²) in [5.41, 5.74) is 2.62. The van der Waals surface area contributed by atoms with Crippen LogP contribution in [0.3, 0.4) is 0 Å². The number of fused-ring (bicyclic) bond motifs is 1. The zero-order chi connectivity index (χ0) is 11.1. The van der Waals surface area contributed by atoms with E-state index in [-0.39, 0.29) is 6.10 Å². The third-order valence-corrected chi connectivity index (χ3v) is 3.06. The summed E-state index contributed by atoms with van der Waals surface area (Å²) in [6, 6.07) is 3.76. The van der Waals surface area contributed by atoms with Crippen LogP contribution in [-0.4, -0.2) is 21.2 Å². The average Bonchev–Trinajstić information content (AvgIpc) is 2.82. The van der Waals surface area contributed by atoms with Crippen LogP contribution >= 0.6 is 11.6 Å². The molecule has 0 amide bonds. The van der Waals surface area contributed by atoms with Crippen molar-refractivity contribution in [2.75, 3.05) is 6.61 Å². The van der Waals surface area contributed by atoms with Crippen LogP contribution in [-0.2, 0) is 4.74 Å².